The van der Waals surface area contributed by atoms with Crippen LogP contribution >= 0.6 is 0 Å². The van der Waals surface area contributed by atoms with Gasteiger partial charge in [-0.3, -0.25) is 0 Å². The van der Waals surface area contributed by atoms with Crippen LogP contribution in [0.1, 0.15) is 24.7 Å². The summed E-state index contributed by atoms with van der Waals surface area (Å²) in [7, 11) is 0. The maximum atomic E-state index is 5.60. The number of hydrogen-bond donors (Lipinski definition) is 0. The van der Waals surface area contributed by atoms with Crippen LogP contribution in [0.3, 0.4) is 0 Å². The standard InChI is InChI=1S/C11H13NO/c1-8-4-3-5-10(12-8)11-7-6-9(2)13-11/h3-5,7,9H,6H2,1-2H3. The Kier molecular flexibility index (Phi) is 2.05. The molecule has 68 valence electrons. The van der Waals surface area contributed by atoms with Crippen molar-refractivity contribution in [2.24, 2.45) is 0 Å². The van der Waals surface area contributed by atoms with Crippen LogP contribution in [0.25, 0.3) is 5.76 Å². The second-order valence-electron chi connectivity index (χ2n) is 3.40. The van der Waals surface area contributed by atoms with Gasteiger partial charge in [0.1, 0.15) is 11.5 Å². The molecule has 1 unspecified atom stereocenters. The fraction of sp³-hybridized carbons (Fsp3) is 0.364. The Morgan fingerprint density at radius 3 is 2.92 bits per heavy atom. The highest BCUT2D eigenvalue weighted by atomic mass is 16.5. The minimum absolute atomic E-state index is 0.303. The van der Waals surface area contributed by atoms with Crippen LogP contribution in [0.2, 0.25) is 0 Å². The lowest BCUT2D eigenvalue weighted by molar-refractivity contribution is 0.209. The molecule has 0 saturated carbocycles. The third kappa shape index (κ3) is 1.72. The Hall–Kier alpha value is -1.31. The number of pyridine rings is 1. The largest absolute Gasteiger partial charge is 0.488 e. The Morgan fingerprint density at radius 2 is 2.31 bits per heavy atom. The normalized spacial score (nSPS) is 21.1. The second-order valence-corrected chi connectivity index (χ2v) is 3.40. The topological polar surface area (TPSA) is 22.1 Å². The van der Waals surface area contributed by atoms with Crippen LogP contribution in [0.5, 0.6) is 0 Å². The lowest BCUT2D eigenvalue weighted by atomic mass is 10.2. The summed E-state index contributed by atoms with van der Waals surface area (Å²) in [5.41, 5.74) is 1.98. The fourth-order valence-corrected chi connectivity index (χ4v) is 1.43. The van der Waals surface area contributed by atoms with Crippen molar-refractivity contribution in [1.29, 1.82) is 0 Å². The summed E-state index contributed by atoms with van der Waals surface area (Å²) in [5, 5.41) is 0. The molecule has 0 spiro atoms. The summed E-state index contributed by atoms with van der Waals surface area (Å²) >= 11 is 0. The fourth-order valence-electron chi connectivity index (χ4n) is 1.43. The zero-order valence-corrected chi connectivity index (χ0v) is 7.95. The van der Waals surface area contributed by atoms with E-state index in [9.17, 15) is 0 Å². The third-order valence-corrected chi connectivity index (χ3v) is 2.10. The summed E-state index contributed by atoms with van der Waals surface area (Å²) in [6, 6.07) is 5.98. The molecular formula is C11H13NO. The van der Waals surface area contributed by atoms with Crippen LogP contribution in [-0.2, 0) is 4.74 Å². The first-order valence-electron chi connectivity index (χ1n) is 4.56. The van der Waals surface area contributed by atoms with Crippen molar-refractivity contribution in [1.82, 2.24) is 4.98 Å². The van der Waals surface area contributed by atoms with Crippen LogP contribution < -0.4 is 0 Å². The van der Waals surface area contributed by atoms with Gasteiger partial charge in [-0.25, -0.2) is 4.98 Å². The first-order valence-corrected chi connectivity index (χ1v) is 4.56. The molecule has 0 aliphatic carbocycles. The number of nitrogens with zero attached hydrogens (tertiary/aromatic N) is 1. The second kappa shape index (κ2) is 3.21. The lowest BCUT2D eigenvalue weighted by Gasteiger charge is -2.07. The third-order valence-electron chi connectivity index (χ3n) is 2.10. The number of hydrogen-bond acceptors (Lipinski definition) is 2. The highest BCUT2D eigenvalue weighted by molar-refractivity contribution is 5.58. The van der Waals surface area contributed by atoms with Crippen LogP contribution in [0, 0.1) is 6.92 Å². The van der Waals surface area contributed by atoms with E-state index >= 15 is 0 Å². The van der Waals surface area contributed by atoms with Gasteiger partial charge in [-0.05, 0) is 32.1 Å². The van der Waals surface area contributed by atoms with Crippen molar-refractivity contribution in [3.8, 4) is 0 Å². The number of aromatic nitrogens is 1. The predicted octanol–water partition coefficient (Wildman–Crippen LogP) is 2.54. The molecular weight excluding hydrogens is 162 g/mol. The van der Waals surface area contributed by atoms with E-state index in [0.717, 1.165) is 23.6 Å². The summed E-state index contributed by atoms with van der Waals surface area (Å²) < 4.78 is 5.60. The molecule has 1 aromatic rings. The molecule has 0 fully saturated rings. The zero-order chi connectivity index (χ0) is 9.26. The number of rotatable bonds is 1. The maximum absolute atomic E-state index is 5.60. The molecule has 1 aliphatic rings. The molecule has 1 aromatic heterocycles. The predicted molar refractivity (Wildman–Crippen MR) is 52.1 cm³/mol. The minimum atomic E-state index is 0.303. The summed E-state index contributed by atoms with van der Waals surface area (Å²) in [6.45, 7) is 4.06. The summed E-state index contributed by atoms with van der Waals surface area (Å²) in [6.07, 6.45) is 3.40. The molecule has 2 heteroatoms. The van der Waals surface area contributed by atoms with Crippen molar-refractivity contribution in [3.05, 3.63) is 35.7 Å². The first-order chi connectivity index (χ1) is 6.25. The Bertz CT molecular complexity index is 344. The van der Waals surface area contributed by atoms with Crippen molar-refractivity contribution in [2.45, 2.75) is 26.4 Å². The van der Waals surface area contributed by atoms with Crippen LogP contribution in [0.15, 0.2) is 24.3 Å². The van der Waals surface area contributed by atoms with Crippen molar-refractivity contribution >= 4 is 5.76 Å². The molecule has 13 heavy (non-hydrogen) atoms. The molecule has 0 N–H and O–H groups in total. The van der Waals surface area contributed by atoms with Gasteiger partial charge in [-0.1, -0.05) is 6.07 Å². The van der Waals surface area contributed by atoms with Crippen LogP contribution in [0.4, 0.5) is 0 Å². The Labute approximate surface area is 78.3 Å². The SMILES string of the molecule is Cc1cccc(C2=CCC(C)O2)n1. The molecule has 0 bridgehead atoms. The van der Waals surface area contributed by atoms with Gasteiger partial charge >= 0.3 is 0 Å². The van der Waals surface area contributed by atoms with E-state index in [-0.39, 0.29) is 0 Å². The Balaban J connectivity index is 2.26. The van der Waals surface area contributed by atoms with Gasteiger partial charge in [0.25, 0.3) is 0 Å². The van der Waals surface area contributed by atoms with E-state index in [2.05, 4.69) is 18.0 Å². The monoisotopic (exact) mass is 175 g/mol. The molecule has 2 nitrogen and oxygen atoms in total. The number of aryl methyl sites for hydroxylation is 1. The van der Waals surface area contributed by atoms with Crippen molar-refractivity contribution in [2.75, 3.05) is 0 Å². The summed E-state index contributed by atoms with van der Waals surface area (Å²) in [4.78, 5) is 4.40. The first kappa shape index (κ1) is 8.30. The summed E-state index contributed by atoms with van der Waals surface area (Å²) in [5.74, 6) is 0.927. The average Bonchev–Trinajstić information content (AvgIpc) is 2.52. The van der Waals surface area contributed by atoms with Gasteiger partial charge in [-0.2, -0.15) is 0 Å². The lowest BCUT2D eigenvalue weighted by Crippen LogP contribution is -1.99. The maximum Gasteiger partial charge on any atom is 0.141 e. The van der Waals surface area contributed by atoms with Gasteiger partial charge < -0.3 is 4.74 Å². The molecule has 0 amide bonds. The van der Waals surface area contributed by atoms with E-state index in [4.69, 9.17) is 4.74 Å². The zero-order valence-electron chi connectivity index (χ0n) is 7.95. The van der Waals surface area contributed by atoms with E-state index in [1.807, 2.05) is 25.1 Å². The quantitative estimate of drug-likeness (QED) is 0.654. The molecule has 1 atom stereocenters. The molecule has 2 rings (SSSR count). The van der Waals surface area contributed by atoms with Crippen LogP contribution in [-0.4, -0.2) is 11.1 Å². The molecule has 0 radical (unpaired) electrons. The van der Waals surface area contributed by atoms with Gasteiger partial charge in [0.05, 0.1) is 6.10 Å². The highest BCUT2D eigenvalue weighted by Gasteiger charge is 2.15. The average molecular weight is 175 g/mol. The Morgan fingerprint density at radius 1 is 1.46 bits per heavy atom. The van der Waals surface area contributed by atoms with Crippen molar-refractivity contribution in [3.63, 3.8) is 0 Å². The highest BCUT2D eigenvalue weighted by Crippen LogP contribution is 2.24. The minimum Gasteiger partial charge on any atom is -0.488 e. The van der Waals surface area contributed by atoms with Crippen molar-refractivity contribution < 1.29 is 4.74 Å². The van der Waals surface area contributed by atoms with Gasteiger partial charge in [0.15, 0.2) is 0 Å². The smallest absolute Gasteiger partial charge is 0.141 e. The van der Waals surface area contributed by atoms with Gasteiger partial charge in [0, 0.05) is 12.1 Å². The van der Waals surface area contributed by atoms with E-state index < -0.39 is 0 Å². The molecule has 0 saturated heterocycles. The molecule has 0 aromatic carbocycles. The van der Waals surface area contributed by atoms with E-state index in [1.54, 1.807) is 0 Å². The van der Waals surface area contributed by atoms with Gasteiger partial charge in [0.2, 0.25) is 0 Å². The van der Waals surface area contributed by atoms with E-state index in [1.165, 1.54) is 0 Å². The molecule has 1 aliphatic heterocycles. The molecule has 2 heterocycles. The number of ether oxygens (including phenoxy) is 1. The van der Waals surface area contributed by atoms with E-state index in [0.29, 0.717) is 6.10 Å². The van der Waals surface area contributed by atoms with Gasteiger partial charge in [-0.15, -0.1) is 0 Å².